The van der Waals surface area contributed by atoms with E-state index < -0.39 is 12.2 Å². The SMILES string of the molecule is CCC1(C(C)C)CCC(O)C(O)C1. The van der Waals surface area contributed by atoms with Gasteiger partial charge in [-0.25, -0.2) is 0 Å². The van der Waals surface area contributed by atoms with E-state index in [1.165, 1.54) is 0 Å². The molecule has 0 radical (unpaired) electrons. The molecule has 1 rings (SSSR count). The normalized spacial score (nSPS) is 41.1. The quantitative estimate of drug-likeness (QED) is 0.692. The summed E-state index contributed by atoms with van der Waals surface area (Å²) in [5.41, 5.74) is 0.263. The number of hydrogen-bond donors (Lipinski definition) is 2. The van der Waals surface area contributed by atoms with Crippen LogP contribution in [0.15, 0.2) is 0 Å². The third-order valence-electron chi connectivity index (χ3n) is 3.93. The van der Waals surface area contributed by atoms with Crippen LogP contribution >= 0.6 is 0 Å². The smallest absolute Gasteiger partial charge is 0.0804 e. The van der Waals surface area contributed by atoms with E-state index in [1.807, 2.05) is 0 Å². The van der Waals surface area contributed by atoms with Gasteiger partial charge in [0.15, 0.2) is 0 Å². The van der Waals surface area contributed by atoms with Crippen LogP contribution in [0.25, 0.3) is 0 Å². The summed E-state index contributed by atoms with van der Waals surface area (Å²) in [6.07, 6.45) is 2.69. The lowest BCUT2D eigenvalue weighted by atomic mass is 9.64. The lowest BCUT2D eigenvalue weighted by Gasteiger charge is -2.44. The molecule has 1 fully saturated rings. The highest BCUT2D eigenvalue weighted by Gasteiger charge is 2.40. The van der Waals surface area contributed by atoms with Crippen molar-refractivity contribution in [1.29, 1.82) is 0 Å². The van der Waals surface area contributed by atoms with E-state index in [0.717, 1.165) is 25.7 Å². The summed E-state index contributed by atoms with van der Waals surface area (Å²) in [5, 5.41) is 19.1. The Morgan fingerprint density at radius 1 is 1.31 bits per heavy atom. The zero-order valence-electron chi connectivity index (χ0n) is 8.95. The van der Waals surface area contributed by atoms with Crippen LogP contribution in [0.1, 0.15) is 46.5 Å². The van der Waals surface area contributed by atoms with E-state index in [2.05, 4.69) is 20.8 Å². The Kier molecular flexibility index (Phi) is 3.36. The average molecular weight is 186 g/mol. The molecular weight excluding hydrogens is 164 g/mol. The first-order valence-electron chi connectivity index (χ1n) is 5.38. The Labute approximate surface area is 81.0 Å². The summed E-state index contributed by atoms with van der Waals surface area (Å²) in [4.78, 5) is 0. The van der Waals surface area contributed by atoms with Crippen LogP contribution in [0, 0.1) is 11.3 Å². The lowest BCUT2D eigenvalue weighted by molar-refractivity contribution is -0.0695. The Bertz CT molecular complexity index is 167. The third-order valence-corrected chi connectivity index (χ3v) is 3.93. The van der Waals surface area contributed by atoms with Crippen molar-refractivity contribution in [2.24, 2.45) is 11.3 Å². The largest absolute Gasteiger partial charge is 0.390 e. The molecule has 2 nitrogen and oxygen atoms in total. The van der Waals surface area contributed by atoms with Gasteiger partial charge in [0.1, 0.15) is 0 Å². The first-order valence-corrected chi connectivity index (χ1v) is 5.38. The maximum atomic E-state index is 9.64. The first-order chi connectivity index (χ1) is 6.02. The van der Waals surface area contributed by atoms with Gasteiger partial charge in [0.25, 0.3) is 0 Å². The van der Waals surface area contributed by atoms with Gasteiger partial charge < -0.3 is 10.2 Å². The Morgan fingerprint density at radius 2 is 1.92 bits per heavy atom. The fourth-order valence-corrected chi connectivity index (χ4v) is 2.54. The highest BCUT2D eigenvalue weighted by Crippen LogP contribution is 2.45. The number of aliphatic hydroxyl groups excluding tert-OH is 2. The van der Waals surface area contributed by atoms with Crippen molar-refractivity contribution in [3.8, 4) is 0 Å². The predicted octanol–water partition coefficient (Wildman–Crippen LogP) is 1.94. The number of hydrogen-bond acceptors (Lipinski definition) is 2. The van der Waals surface area contributed by atoms with Crippen molar-refractivity contribution in [2.75, 3.05) is 0 Å². The minimum Gasteiger partial charge on any atom is -0.390 e. The number of rotatable bonds is 2. The molecule has 0 aromatic carbocycles. The molecule has 2 heteroatoms. The first kappa shape index (κ1) is 11.0. The number of aliphatic hydroxyl groups is 2. The molecule has 0 spiro atoms. The van der Waals surface area contributed by atoms with Gasteiger partial charge in [-0.2, -0.15) is 0 Å². The molecule has 0 heterocycles. The monoisotopic (exact) mass is 186 g/mol. The van der Waals surface area contributed by atoms with Crippen LogP contribution in [0.3, 0.4) is 0 Å². The molecule has 2 N–H and O–H groups in total. The zero-order chi connectivity index (χ0) is 10.1. The second-order valence-corrected chi connectivity index (χ2v) is 4.75. The molecular formula is C11H22O2. The predicted molar refractivity (Wildman–Crippen MR) is 53.4 cm³/mol. The van der Waals surface area contributed by atoms with Gasteiger partial charge in [0.2, 0.25) is 0 Å². The summed E-state index contributed by atoms with van der Waals surface area (Å²) < 4.78 is 0. The van der Waals surface area contributed by atoms with Crippen LogP contribution in [0.5, 0.6) is 0 Å². The molecule has 1 aliphatic rings. The van der Waals surface area contributed by atoms with Crippen molar-refractivity contribution in [3.05, 3.63) is 0 Å². The van der Waals surface area contributed by atoms with Crippen molar-refractivity contribution in [2.45, 2.75) is 58.7 Å². The minimum atomic E-state index is -0.504. The fourth-order valence-electron chi connectivity index (χ4n) is 2.54. The van der Waals surface area contributed by atoms with Crippen LogP contribution in [-0.2, 0) is 0 Å². The van der Waals surface area contributed by atoms with E-state index in [4.69, 9.17) is 0 Å². The molecule has 0 bridgehead atoms. The maximum absolute atomic E-state index is 9.64. The van der Waals surface area contributed by atoms with Crippen LogP contribution < -0.4 is 0 Å². The van der Waals surface area contributed by atoms with E-state index >= 15 is 0 Å². The maximum Gasteiger partial charge on any atom is 0.0804 e. The molecule has 0 amide bonds. The third kappa shape index (κ3) is 2.05. The second-order valence-electron chi connectivity index (χ2n) is 4.75. The highest BCUT2D eigenvalue weighted by molar-refractivity contribution is 4.91. The van der Waals surface area contributed by atoms with E-state index in [-0.39, 0.29) is 5.41 Å². The van der Waals surface area contributed by atoms with Crippen LogP contribution in [0.2, 0.25) is 0 Å². The molecule has 3 unspecified atom stereocenters. The second kappa shape index (κ2) is 3.97. The van der Waals surface area contributed by atoms with Gasteiger partial charge in [0, 0.05) is 0 Å². The van der Waals surface area contributed by atoms with Crippen molar-refractivity contribution in [3.63, 3.8) is 0 Å². The summed E-state index contributed by atoms with van der Waals surface area (Å²) >= 11 is 0. The molecule has 0 saturated heterocycles. The summed E-state index contributed by atoms with van der Waals surface area (Å²) in [6, 6.07) is 0. The van der Waals surface area contributed by atoms with Gasteiger partial charge in [-0.15, -0.1) is 0 Å². The molecule has 13 heavy (non-hydrogen) atoms. The van der Waals surface area contributed by atoms with Gasteiger partial charge >= 0.3 is 0 Å². The summed E-state index contributed by atoms with van der Waals surface area (Å²) in [6.45, 7) is 6.62. The molecule has 78 valence electrons. The molecule has 1 aliphatic carbocycles. The average Bonchev–Trinajstić information content (AvgIpc) is 2.09. The van der Waals surface area contributed by atoms with Crippen molar-refractivity contribution in [1.82, 2.24) is 0 Å². The molecule has 3 atom stereocenters. The fraction of sp³-hybridized carbons (Fsp3) is 1.00. The van der Waals surface area contributed by atoms with Crippen molar-refractivity contribution >= 4 is 0 Å². The van der Waals surface area contributed by atoms with E-state index in [1.54, 1.807) is 0 Å². The molecule has 0 aromatic rings. The van der Waals surface area contributed by atoms with Crippen LogP contribution in [0.4, 0.5) is 0 Å². The van der Waals surface area contributed by atoms with Crippen molar-refractivity contribution < 1.29 is 10.2 Å². The lowest BCUT2D eigenvalue weighted by Crippen LogP contribution is -2.42. The zero-order valence-corrected chi connectivity index (χ0v) is 8.95. The summed E-state index contributed by atoms with van der Waals surface area (Å²) in [7, 11) is 0. The molecule has 0 aromatic heterocycles. The van der Waals surface area contributed by atoms with Gasteiger partial charge in [-0.3, -0.25) is 0 Å². The van der Waals surface area contributed by atoms with E-state index in [0.29, 0.717) is 5.92 Å². The Balaban J connectivity index is 2.69. The molecule has 1 saturated carbocycles. The van der Waals surface area contributed by atoms with Gasteiger partial charge in [-0.05, 0) is 30.6 Å². The van der Waals surface area contributed by atoms with E-state index in [9.17, 15) is 10.2 Å². The van der Waals surface area contributed by atoms with Gasteiger partial charge in [0.05, 0.1) is 12.2 Å². The topological polar surface area (TPSA) is 40.5 Å². The Morgan fingerprint density at radius 3 is 2.31 bits per heavy atom. The highest BCUT2D eigenvalue weighted by atomic mass is 16.3. The summed E-state index contributed by atoms with van der Waals surface area (Å²) in [5.74, 6) is 0.597. The Hall–Kier alpha value is -0.0800. The minimum absolute atomic E-state index is 0.263. The standard InChI is InChI=1S/C11H22O2/c1-4-11(8(2)3)6-5-9(12)10(13)7-11/h8-10,12-13H,4-7H2,1-3H3. The van der Waals surface area contributed by atoms with Crippen LogP contribution in [-0.4, -0.2) is 22.4 Å². The van der Waals surface area contributed by atoms with Gasteiger partial charge in [-0.1, -0.05) is 27.2 Å². The molecule has 0 aliphatic heterocycles.